The predicted molar refractivity (Wildman–Crippen MR) is 245 cm³/mol. The van der Waals surface area contributed by atoms with Crippen LogP contribution in [0.3, 0.4) is 0 Å². The average molecular weight is 833 g/mol. The SMILES string of the molecule is CC1(C)O[C@@H]2[C@@H](O1)C(c1ccc(-c3ccccc3)cc1)(c1ccc(-c3ccccc3)cc1)OP(=O)(O)OC2(c1ccc(-c2ccccc2)cc1)c1ccc(-c2ccccc2)cc1. The molecule has 1 N–H and O–H groups in total. The number of rotatable bonds is 8. The van der Waals surface area contributed by atoms with E-state index in [1.807, 2.05) is 184 Å². The van der Waals surface area contributed by atoms with Gasteiger partial charge < -0.3 is 14.4 Å². The second-order valence-electron chi connectivity index (χ2n) is 16.4. The number of phosphoric ester groups is 1. The van der Waals surface area contributed by atoms with Gasteiger partial charge in [-0.05, 0) is 80.6 Å². The summed E-state index contributed by atoms with van der Waals surface area (Å²) >= 11 is 0. The molecule has 2 fully saturated rings. The molecule has 2 atom stereocenters. The predicted octanol–water partition coefficient (Wildman–Crippen LogP) is 13.2. The maximum absolute atomic E-state index is 15.3. The van der Waals surface area contributed by atoms with Gasteiger partial charge in [-0.2, -0.15) is 0 Å². The Balaban J connectivity index is 1.21. The minimum Gasteiger partial charge on any atom is -0.341 e. The lowest BCUT2D eigenvalue weighted by Crippen LogP contribution is -2.53. The first-order chi connectivity index (χ1) is 30.1. The molecule has 62 heavy (non-hydrogen) atoms. The highest BCUT2D eigenvalue weighted by Crippen LogP contribution is 2.66. The van der Waals surface area contributed by atoms with Crippen LogP contribution in [0.25, 0.3) is 44.5 Å². The van der Waals surface area contributed by atoms with Gasteiger partial charge in [-0.1, -0.05) is 218 Å². The third kappa shape index (κ3) is 7.25. The molecule has 0 aliphatic carbocycles. The highest BCUT2D eigenvalue weighted by molar-refractivity contribution is 7.47. The van der Waals surface area contributed by atoms with Crippen molar-refractivity contribution in [1.82, 2.24) is 0 Å². The van der Waals surface area contributed by atoms with E-state index < -0.39 is 37.0 Å². The minimum absolute atomic E-state index is 0.605. The first kappa shape index (κ1) is 39.9. The van der Waals surface area contributed by atoms with Gasteiger partial charge in [0.2, 0.25) is 0 Å². The minimum atomic E-state index is -5.07. The molecule has 6 nitrogen and oxygen atoms in total. The Labute approximate surface area is 362 Å². The maximum Gasteiger partial charge on any atom is 0.474 e. The van der Waals surface area contributed by atoms with Crippen LogP contribution in [0.1, 0.15) is 36.1 Å². The zero-order chi connectivity index (χ0) is 42.4. The molecule has 0 unspecified atom stereocenters. The maximum atomic E-state index is 15.3. The zero-order valence-electron chi connectivity index (χ0n) is 34.4. The van der Waals surface area contributed by atoms with Crippen LogP contribution in [0.2, 0.25) is 0 Å². The first-order valence-electron chi connectivity index (χ1n) is 20.9. The van der Waals surface area contributed by atoms with Crippen LogP contribution in [0, 0.1) is 0 Å². The van der Waals surface area contributed by atoms with Crippen molar-refractivity contribution in [3.63, 3.8) is 0 Å². The number of hydrogen-bond acceptors (Lipinski definition) is 5. The van der Waals surface area contributed by atoms with Crippen molar-refractivity contribution in [3.05, 3.63) is 241 Å². The number of ether oxygens (including phenoxy) is 2. The van der Waals surface area contributed by atoms with Crippen molar-refractivity contribution in [2.24, 2.45) is 0 Å². The third-order valence-corrected chi connectivity index (χ3v) is 13.1. The van der Waals surface area contributed by atoms with Gasteiger partial charge in [0, 0.05) is 0 Å². The Hall–Kier alpha value is -6.21. The van der Waals surface area contributed by atoms with Crippen LogP contribution in [-0.4, -0.2) is 22.9 Å². The smallest absolute Gasteiger partial charge is 0.341 e. The largest absolute Gasteiger partial charge is 0.474 e. The lowest BCUT2D eigenvalue weighted by Gasteiger charge is -2.41. The summed E-state index contributed by atoms with van der Waals surface area (Å²) in [4.78, 5) is 12.5. The van der Waals surface area contributed by atoms with Gasteiger partial charge in [0.1, 0.15) is 12.2 Å². The van der Waals surface area contributed by atoms with E-state index in [2.05, 4.69) is 48.5 Å². The summed E-state index contributed by atoms with van der Waals surface area (Å²) in [5.74, 6) is -1.18. The topological polar surface area (TPSA) is 74.2 Å². The van der Waals surface area contributed by atoms with E-state index in [0.29, 0.717) is 22.3 Å². The van der Waals surface area contributed by atoms with Gasteiger partial charge in [0.25, 0.3) is 0 Å². The van der Waals surface area contributed by atoms with Crippen LogP contribution >= 0.6 is 7.82 Å². The Morgan fingerprint density at radius 3 is 0.790 bits per heavy atom. The highest BCUT2D eigenvalue weighted by Gasteiger charge is 2.69. The number of benzene rings is 8. The molecule has 7 heteroatoms. The fourth-order valence-corrected chi connectivity index (χ4v) is 10.6. The molecule has 0 radical (unpaired) electrons. The number of fused-ring (bicyclic) bond motifs is 1. The van der Waals surface area contributed by atoms with Crippen LogP contribution in [0.5, 0.6) is 0 Å². The molecule has 306 valence electrons. The van der Waals surface area contributed by atoms with E-state index in [1.165, 1.54) is 0 Å². The van der Waals surface area contributed by atoms with E-state index in [9.17, 15) is 4.89 Å². The van der Waals surface area contributed by atoms with Crippen LogP contribution in [-0.2, 0) is 34.3 Å². The average Bonchev–Trinajstić information content (AvgIpc) is 3.63. The summed E-state index contributed by atoms with van der Waals surface area (Å²) < 4.78 is 43.2. The molecule has 0 aromatic heterocycles. The molecular weight excluding hydrogens is 788 g/mol. The quantitative estimate of drug-likeness (QED) is 0.154. The molecule has 0 bridgehead atoms. The summed E-state index contributed by atoms with van der Waals surface area (Å²) in [5.41, 5.74) is 7.05. The normalized spacial score (nSPS) is 19.5. The molecule has 2 aliphatic rings. The number of hydrogen-bond donors (Lipinski definition) is 1. The molecule has 8 aromatic rings. The summed E-state index contributed by atoms with van der Waals surface area (Å²) in [5, 5.41) is 0. The molecule has 0 amide bonds. The summed E-state index contributed by atoms with van der Waals surface area (Å²) in [6, 6.07) is 72.1. The Morgan fingerprint density at radius 1 is 0.355 bits per heavy atom. The van der Waals surface area contributed by atoms with Gasteiger partial charge >= 0.3 is 7.82 Å². The summed E-state index contributed by atoms with van der Waals surface area (Å²) in [7, 11) is -5.07. The molecule has 0 spiro atoms. The lowest BCUT2D eigenvalue weighted by molar-refractivity contribution is -0.178. The van der Waals surface area contributed by atoms with Gasteiger partial charge in [-0.25, -0.2) is 4.57 Å². The van der Waals surface area contributed by atoms with Crippen LogP contribution < -0.4 is 0 Å². The van der Waals surface area contributed by atoms with Crippen molar-refractivity contribution in [2.45, 2.75) is 43.0 Å². The van der Waals surface area contributed by atoms with E-state index >= 15 is 4.57 Å². The van der Waals surface area contributed by atoms with Gasteiger partial charge in [0.15, 0.2) is 17.0 Å². The van der Waals surface area contributed by atoms with Gasteiger partial charge in [0.05, 0.1) is 0 Å². The molecule has 0 saturated carbocycles. The second-order valence-corrected chi connectivity index (χ2v) is 17.7. The Morgan fingerprint density at radius 2 is 0.565 bits per heavy atom. The first-order valence-corrected chi connectivity index (χ1v) is 22.4. The van der Waals surface area contributed by atoms with Crippen molar-refractivity contribution in [2.75, 3.05) is 0 Å². The van der Waals surface area contributed by atoms with Crippen LogP contribution in [0.15, 0.2) is 218 Å². The van der Waals surface area contributed by atoms with Gasteiger partial charge in [-0.3, -0.25) is 9.05 Å². The Bertz CT molecular complexity index is 2470. The number of phosphoric acid groups is 1. The second kappa shape index (κ2) is 15.9. The van der Waals surface area contributed by atoms with Crippen molar-refractivity contribution < 1.29 is 28.0 Å². The van der Waals surface area contributed by atoms with Gasteiger partial charge in [-0.15, -0.1) is 0 Å². The molecule has 8 aromatic carbocycles. The summed E-state index contributed by atoms with van der Waals surface area (Å²) in [6.45, 7) is 3.73. The van der Waals surface area contributed by atoms with E-state index in [0.717, 1.165) is 44.5 Å². The standard InChI is InChI=1S/C55H45O6P/c1-53(2)58-51-52(59-53)55(49-35-27-45(28-36-49)41-19-11-5-12-20-41,50-37-29-46(30-38-50)42-21-13-6-14-22-42)61-62(56,57)60-54(51,47-31-23-43(24-32-47)39-15-7-3-8-16-39)48-33-25-44(26-34-48)40-17-9-4-10-18-40/h3-38,51-52H,1-2H3,(H,56,57)/t51-,52-/m1/s1. The highest BCUT2D eigenvalue weighted by atomic mass is 31.2. The Kier molecular flexibility index (Phi) is 10.2. The zero-order valence-corrected chi connectivity index (χ0v) is 35.3. The fraction of sp³-hybridized carbons (Fsp3) is 0.127. The monoisotopic (exact) mass is 832 g/mol. The van der Waals surface area contributed by atoms with E-state index in [4.69, 9.17) is 18.5 Å². The van der Waals surface area contributed by atoms with Crippen molar-refractivity contribution in [1.29, 1.82) is 0 Å². The summed E-state index contributed by atoms with van der Waals surface area (Å²) in [6.07, 6.45) is -2.07. The van der Waals surface area contributed by atoms with Crippen molar-refractivity contribution >= 4 is 7.82 Å². The lowest BCUT2D eigenvalue weighted by atomic mass is 9.71. The van der Waals surface area contributed by atoms with Crippen LogP contribution in [0.4, 0.5) is 0 Å². The molecule has 2 heterocycles. The van der Waals surface area contributed by atoms with Crippen molar-refractivity contribution in [3.8, 4) is 44.5 Å². The van der Waals surface area contributed by atoms with E-state index in [1.54, 1.807) is 0 Å². The third-order valence-electron chi connectivity index (χ3n) is 12.1. The molecule has 2 saturated heterocycles. The molecule has 2 aliphatic heterocycles. The fourth-order valence-electron chi connectivity index (χ4n) is 9.21. The molecule has 10 rings (SSSR count). The molecular formula is C55H45O6P. The van der Waals surface area contributed by atoms with E-state index in [-0.39, 0.29) is 0 Å².